The first kappa shape index (κ1) is 21.8. The molecule has 0 saturated carbocycles. The van der Waals surface area contributed by atoms with Crippen LogP contribution in [0.2, 0.25) is 0 Å². The summed E-state index contributed by atoms with van der Waals surface area (Å²) in [7, 11) is -2.36. The number of hydrogen-bond acceptors (Lipinski definition) is 7. The fourth-order valence-corrected chi connectivity index (χ4v) is 5.05. The molecule has 0 aliphatic carbocycles. The van der Waals surface area contributed by atoms with Crippen LogP contribution in [0.3, 0.4) is 0 Å². The van der Waals surface area contributed by atoms with Crippen LogP contribution in [-0.2, 0) is 16.6 Å². The van der Waals surface area contributed by atoms with Crippen molar-refractivity contribution in [2.45, 2.75) is 17.8 Å². The zero-order valence-electron chi connectivity index (χ0n) is 16.2. The van der Waals surface area contributed by atoms with E-state index in [2.05, 4.69) is 15.5 Å². The molecule has 0 saturated heterocycles. The molecular formula is C19H19FN4O4S2. The molecule has 8 nitrogen and oxygen atoms in total. The van der Waals surface area contributed by atoms with E-state index in [4.69, 9.17) is 4.74 Å². The van der Waals surface area contributed by atoms with E-state index in [1.54, 1.807) is 38.3 Å². The minimum Gasteiger partial charge on any atom is -0.497 e. The molecule has 30 heavy (non-hydrogen) atoms. The molecule has 3 rings (SSSR count). The van der Waals surface area contributed by atoms with Crippen LogP contribution < -0.4 is 10.1 Å². The second-order valence-electron chi connectivity index (χ2n) is 6.12. The summed E-state index contributed by atoms with van der Waals surface area (Å²) >= 11 is 0.730. The van der Waals surface area contributed by atoms with Gasteiger partial charge in [0.25, 0.3) is 15.9 Å². The van der Waals surface area contributed by atoms with E-state index in [-0.39, 0.29) is 28.1 Å². The Morgan fingerprint density at radius 2 is 1.93 bits per heavy atom. The quantitative estimate of drug-likeness (QED) is 0.529. The van der Waals surface area contributed by atoms with Crippen LogP contribution in [0.4, 0.5) is 9.52 Å². The second-order valence-corrected chi connectivity index (χ2v) is 9.21. The van der Waals surface area contributed by atoms with E-state index in [0.717, 1.165) is 23.0 Å². The van der Waals surface area contributed by atoms with E-state index < -0.39 is 21.7 Å². The highest BCUT2D eigenvalue weighted by Crippen LogP contribution is 2.25. The maximum absolute atomic E-state index is 13.3. The minimum absolute atomic E-state index is 0.00309. The molecule has 1 heterocycles. The zero-order chi connectivity index (χ0) is 21.7. The second kappa shape index (κ2) is 9.28. The number of aromatic nitrogens is 2. The molecule has 0 spiro atoms. The SMILES string of the molecule is CCN(Cc1ccc(OC)cc1)S(=O)(=O)c1nnc(NC(=O)c2cccc(F)c2)s1. The molecule has 0 radical (unpaired) electrons. The predicted octanol–water partition coefficient (Wildman–Crippen LogP) is 3.15. The lowest BCUT2D eigenvalue weighted by molar-refractivity contribution is 0.102. The Labute approximate surface area is 177 Å². The summed E-state index contributed by atoms with van der Waals surface area (Å²) in [5.41, 5.74) is 0.870. The van der Waals surface area contributed by atoms with Gasteiger partial charge in [0.2, 0.25) is 9.47 Å². The molecule has 1 amide bonds. The summed E-state index contributed by atoms with van der Waals surface area (Å²) in [4.78, 5) is 12.2. The molecule has 0 aliphatic rings. The van der Waals surface area contributed by atoms with Crippen molar-refractivity contribution in [3.63, 3.8) is 0 Å². The van der Waals surface area contributed by atoms with Gasteiger partial charge in [0.15, 0.2) is 0 Å². The molecule has 0 bridgehead atoms. The van der Waals surface area contributed by atoms with E-state index >= 15 is 0 Å². The standard InChI is InChI=1S/C19H19FN4O4S2/c1-3-24(12-13-7-9-16(28-2)10-8-13)30(26,27)19-23-22-18(29-19)21-17(25)14-5-4-6-15(20)11-14/h4-11H,3,12H2,1-2H3,(H,21,22,25). The summed E-state index contributed by atoms with van der Waals surface area (Å²) in [6.07, 6.45) is 0. The third-order valence-electron chi connectivity index (χ3n) is 4.15. The number of carbonyl (C=O) groups is 1. The van der Waals surface area contributed by atoms with Crippen molar-refractivity contribution in [1.82, 2.24) is 14.5 Å². The number of amides is 1. The van der Waals surface area contributed by atoms with Crippen molar-refractivity contribution < 1.29 is 22.3 Å². The van der Waals surface area contributed by atoms with Crippen LogP contribution >= 0.6 is 11.3 Å². The number of rotatable bonds is 8. The zero-order valence-corrected chi connectivity index (χ0v) is 17.8. The van der Waals surface area contributed by atoms with Crippen molar-refractivity contribution in [3.8, 4) is 5.75 Å². The van der Waals surface area contributed by atoms with Crippen molar-refractivity contribution in [3.05, 3.63) is 65.5 Å². The Morgan fingerprint density at radius 1 is 1.20 bits per heavy atom. The lowest BCUT2D eigenvalue weighted by Gasteiger charge is -2.18. The fourth-order valence-electron chi connectivity index (χ4n) is 2.58. The molecule has 0 aliphatic heterocycles. The normalized spacial score (nSPS) is 11.5. The highest BCUT2D eigenvalue weighted by molar-refractivity contribution is 7.91. The number of nitrogens with one attached hydrogen (secondary N) is 1. The number of nitrogens with zero attached hydrogens (tertiary/aromatic N) is 3. The number of carbonyl (C=O) groups excluding carboxylic acids is 1. The number of methoxy groups -OCH3 is 1. The average Bonchev–Trinajstić information content (AvgIpc) is 3.21. The van der Waals surface area contributed by atoms with Gasteiger partial charge in [0.1, 0.15) is 11.6 Å². The molecule has 158 valence electrons. The highest BCUT2D eigenvalue weighted by atomic mass is 32.2. The molecular weight excluding hydrogens is 431 g/mol. The summed E-state index contributed by atoms with van der Waals surface area (Å²) in [6.45, 7) is 2.08. The Bertz CT molecular complexity index is 1130. The van der Waals surface area contributed by atoms with Gasteiger partial charge >= 0.3 is 0 Å². The highest BCUT2D eigenvalue weighted by Gasteiger charge is 2.28. The van der Waals surface area contributed by atoms with Gasteiger partial charge in [-0.1, -0.05) is 36.5 Å². The first-order valence-corrected chi connectivity index (χ1v) is 11.1. The van der Waals surface area contributed by atoms with E-state index in [1.807, 2.05) is 0 Å². The van der Waals surface area contributed by atoms with Crippen LogP contribution in [0.15, 0.2) is 52.9 Å². The van der Waals surface area contributed by atoms with Crippen LogP contribution in [0.1, 0.15) is 22.8 Å². The number of anilines is 1. The molecule has 0 fully saturated rings. The Kier molecular flexibility index (Phi) is 6.75. The van der Waals surface area contributed by atoms with E-state index in [1.165, 1.54) is 22.5 Å². The van der Waals surface area contributed by atoms with Crippen LogP contribution in [-0.4, -0.2) is 42.5 Å². The minimum atomic E-state index is -3.92. The summed E-state index contributed by atoms with van der Waals surface area (Å²) in [5.74, 6) is -0.493. The third-order valence-corrected chi connectivity index (χ3v) is 7.25. The van der Waals surface area contributed by atoms with Gasteiger partial charge in [0.05, 0.1) is 7.11 Å². The number of sulfonamides is 1. The molecule has 0 unspecified atom stereocenters. The smallest absolute Gasteiger partial charge is 0.272 e. The Balaban J connectivity index is 1.75. The van der Waals surface area contributed by atoms with Gasteiger partial charge in [-0.3, -0.25) is 10.1 Å². The first-order valence-electron chi connectivity index (χ1n) is 8.87. The third kappa shape index (κ3) is 4.99. The molecule has 1 aromatic heterocycles. The molecule has 0 atom stereocenters. The lowest BCUT2D eigenvalue weighted by atomic mass is 10.2. The molecule has 2 aromatic carbocycles. The maximum atomic E-state index is 13.3. The molecule has 11 heteroatoms. The molecule has 3 aromatic rings. The van der Waals surface area contributed by atoms with E-state index in [9.17, 15) is 17.6 Å². The van der Waals surface area contributed by atoms with Crippen LogP contribution in [0.5, 0.6) is 5.75 Å². The average molecular weight is 451 g/mol. The van der Waals surface area contributed by atoms with Gasteiger partial charge in [-0.2, -0.15) is 4.31 Å². The number of hydrogen-bond donors (Lipinski definition) is 1. The van der Waals surface area contributed by atoms with Gasteiger partial charge in [-0.05, 0) is 35.9 Å². The summed E-state index contributed by atoms with van der Waals surface area (Å²) < 4.78 is 45.3. The Hall–Kier alpha value is -2.89. The van der Waals surface area contributed by atoms with Crippen molar-refractivity contribution in [1.29, 1.82) is 0 Å². The maximum Gasteiger partial charge on any atom is 0.272 e. The van der Waals surface area contributed by atoms with Gasteiger partial charge in [-0.25, -0.2) is 12.8 Å². The monoisotopic (exact) mass is 450 g/mol. The number of benzene rings is 2. The largest absolute Gasteiger partial charge is 0.497 e. The van der Waals surface area contributed by atoms with Crippen molar-refractivity contribution in [2.24, 2.45) is 0 Å². The van der Waals surface area contributed by atoms with Crippen molar-refractivity contribution >= 4 is 32.4 Å². The topological polar surface area (TPSA) is 101 Å². The summed E-state index contributed by atoms with van der Waals surface area (Å²) in [5, 5.41) is 9.90. The van der Waals surface area contributed by atoms with Crippen LogP contribution in [0, 0.1) is 5.82 Å². The predicted molar refractivity (Wildman–Crippen MR) is 111 cm³/mol. The van der Waals surface area contributed by atoms with Gasteiger partial charge in [-0.15, -0.1) is 10.2 Å². The molecule has 1 N–H and O–H groups in total. The van der Waals surface area contributed by atoms with Crippen molar-refractivity contribution in [2.75, 3.05) is 19.0 Å². The number of ether oxygens (including phenoxy) is 1. The van der Waals surface area contributed by atoms with Crippen LogP contribution in [0.25, 0.3) is 0 Å². The van der Waals surface area contributed by atoms with Gasteiger partial charge in [0, 0.05) is 18.7 Å². The summed E-state index contributed by atoms with van der Waals surface area (Å²) in [6, 6.07) is 12.2. The number of halogens is 1. The first-order chi connectivity index (χ1) is 14.3. The Morgan fingerprint density at radius 3 is 2.57 bits per heavy atom. The fraction of sp³-hybridized carbons (Fsp3) is 0.211. The van der Waals surface area contributed by atoms with E-state index in [0.29, 0.717) is 5.75 Å². The lowest BCUT2D eigenvalue weighted by Crippen LogP contribution is -2.30. The van der Waals surface area contributed by atoms with Gasteiger partial charge < -0.3 is 4.74 Å².